The molecule has 0 saturated heterocycles. The topological polar surface area (TPSA) is 39.7 Å². The van der Waals surface area contributed by atoms with Crippen LogP contribution in [0.1, 0.15) is 13.3 Å². The van der Waals surface area contributed by atoms with Crippen LogP contribution in [-0.4, -0.2) is 53.7 Å². The molecule has 4 heteroatoms. The Morgan fingerprint density at radius 1 is 1.07 bits per heavy atom. The molecule has 0 amide bonds. The van der Waals surface area contributed by atoms with Crippen LogP contribution in [-0.2, 0) is 14.2 Å². The molecule has 0 aromatic rings. The Morgan fingerprint density at radius 3 is 2.53 bits per heavy atom. The van der Waals surface area contributed by atoms with Gasteiger partial charge in [-0.2, -0.15) is 0 Å². The number of methoxy groups -OCH3 is 2. The van der Waals surface area contributed by atoms with Gasteiger partial charge >= 0.3 is 0 Å². The van der Waals surface area contributed by atoms with E-state index in [1.54, 1.807) is 14.2 Å². The first kappa shape index (κ1) is 14.8. The summed E-state index contributed by atoms with van der Waals surface area (Å²) in [5, 5.41) is 3.37. The molecule has 0 rings (SSSR count). The Kier molecular flexibility index (Phi) is 11.8. The fraction of sp³-hybridized carbons (Fsp3) is 1.00. The van der Waals surface area contributed by atoms with Gasteiger partial charge in [0.05, 0.1) is 13.2 Å². The fourth-order valence-corrected chi connectivity index (χ4v) is 1.24. The van der Waals surface area contributed by atoms with Crippen molar-refractivity contribution in [2.24, 2.45) is 5.92 Å². The highest BCUT2D eigenvalue weighted by molar-refractivity contribution is 4.55. The van der Waals surface area contributed by atoms with E-state index in [0.717, 1.165) is 32.7 Å². The second-order valence-electron chi connectivity index (χ2n) is 3.72. The Labute approximate surface area is 93.3 Å². The first-order chi connectivity index (χ1) is 7.31. The first-order valence-corrected chi connectivity index (χ1v) is 5.57. The minimum Gasteiger partial charge on any atom is -0.384 e. The van der Waals surface area contributed by atoms with E-state index < -0.39 is 0 Å². The average Bonchev–Trinajstić information content (AvgIpc) is 2.22. The third-order valence-corrected chi connectivity index (χ3v) is 2.02. The van der Waals surface area contributed by atoms with Crippen molar-refractivity contribution in [2.75, 3.05) is 53.7 Å². The summed E-state index contributed by atoms with van der Waals surface area (Å²) in [6, 6.07) is 0. The SMILES string of the molecule is COCCOCCCNCC(C)COC. The van der Waals surface area contributed by atoms with Crippen molar-refractivity contribution in [1.29, 1.82) is 0 Å². The summed E-state index contributed by atoms with van der Waals surface area (Å²) in [5.74, 6) is 0.574. The van der Waals surface area contributed by atoms with Gasteiger partial charge in [-0.15, -0.1) is 0 Å². The predicted octanol–water partition coefficient (Wildman–Crippen LogP) is 0.912. The lowest BCUT2D eigenvalue weighted by molar-refractivity contribution is 0.0693. The highest BCUT2D eigenvalue weighted by Gasteiger charge is 1.99. The van der Waals surface area contributed by atoms with Crippen LogP contribution in [0.3, 0.4) is 0 Å². The quantitative estimate of drug-likeness (QED) is 0.524. The molecule has 0 radical (unpaired) electrons. The molecule has 1 unspecified atom stereocenters. The van der Waals surface area contributed by atoms with Gasteiger partial charge in [0.25, 0.3) is 0 Å². The Morgan fingerprint density at radius 2 is 1.87 bits per heavy atom. The number of ether oxygens (including phenoxy) is 3. The summed E-state index contributed by atoms with van der Waals surface area (Å²) in [4.78, 5) is 0. The van der Waals surface area contributed by atoms with Crippen molar-refractivity contribution in [2.45, 2.75) is 13.3 Å². The second-order valence-corrected chi connectivity index (χ2v) is 3.72. The maximum absolute atomic E-state index is 5.34. The maximum atomic E-state index is 5.34. The van der Waals surface area contributed by atoms with Gasteiger partial charge in [-0.3, -0.25) is 0 Å². The molecule has 1 N–H and O–H groups in total. The molecule has 0 saturated carbocycles. The molecule has 0 aromatic carbocycles. The number of rotatable bonds is 11. The van der Waals surface area contributed by atoms with E-state index in [9.17, 15) is 0 Å². The van der Waals surface area contributed by atoms with Crippen LogP contribution in [0, 0.1) is 5.92 Å². The monoisotopic (exact) mass is 219 g/mol. The van der Waals surface area contributed by atoms with Gasteiger partial charge in [0.2, 0.25) is 0 Å². The number of nitrogens with one attached hydrogen (secondary N) is 1. The zero-order valence-corrected chi connectivity index (χ0v) is 10.3. The molecule has 0 spiro atoms. The predicted molar refractivity (Wildman–Crippen MR) is 61.2 cm³/mol. The summed E-state index contributed by atoms with van der Waals surface area (Å²) in [7, 11) is 3.42. The Bertz CT molecular complexity index is 122. The standard InChI is InChI=1S/C11H25NO3/c1-11(10-14-3)9-12-5-4-6-15-8-7-13-2/h11-12H,4-10H2,1-3H3. The van der Waals surface area contributed by atoms with E-state index in [1.807, 2.05) is 0 Å². The van der Waals surface area contributed by atoms with Crippen molar-refractivity contribution in [3.8, 4) is 0 Å². The minimum atomic E-state index is 0.574. The van der Waals surface area contributed by atoms with E-state index in [0.29, 0.717) is 19.1 Å². The van der Waals surface area contributed by atoms with Crippen molar-refractivity contribution >= 4 is 0 Å². The van der Waals surface area contributed by atoms with Crippen LogP contribution < -0.4 is 5.32 Å². The van der Waals surface area contributed by atoms with Gasteiger partial charge in [-0.05, 0) is 25.4 Å². The lowest BCUT2D eigenvalue weighted by Gasteiger charge is -2.11. The smallest absolute Gasteiger partial charge is 0.0700 e. The van der Waals surface area contributed by atoms with E-state index >= 15 is 0 Å². The summed E-state index contributed by atoms with van der Waals surface area (Å²) in [6.45, 7) is 7.17. The van der Waals surface area contributed by atoms with Gasteiger partial charge in [-0.25, -0.2) is 0 Å². The first-order valence-electron chi connectivity index (χ1n) is 5.57. The molecule has 0 heterocycles. The average molecular weight is 219 g/mol. The lowest BCUT2D eigenvalue weighted by Crippen LogP contribution is -2.25. The molecule has 0 aromatic heterocycles. The number of hydrogen-bond acceptors (Lipinski definition) is 4. The molecular weight excluding hydrogens is 194 g/mol. The molecule has 0 bridgehead atoms. The molecule has 0 aliphatic carbocycles. The summed E-state index contributed by atoms with van der Waals surface area (Å²) in [5.41, 5.74) is 0. The van der Waals surface area contributed by atoms with Gasteiger partial charge in [0.15, 0.2) is 0 Å². The molecule has 4 nitrogen and oxygen atoms in total. The van der Waals surface area contributed by atoms with Crippen molar-refractivity contribution in [3.63, 3.8) is 0 Å². The highest BCUT2D eigenvalue weighted by atomic mass is 16.5. The zero-order valence-electron chi connectivity index (χ0n) is 10.3. The Hall–Kier alpha value is -0.160. The zero-order chi connectivity index (χ0) is 11.4. The van der Waals surface area contributed by atoms with E-state index in [2.05, 4.69) is 12.2 Å². The normalized spacial score (nSPS) is 13.0. The van der Waals surface area contributed by atoms with Crippen molar-refractivity contribution in [3.05, 3.63) is 0 Å². The molecule has 0 aliphatic rings. The van der Waals surface area contributed by atoms with E-state index in [4.69, 9.17) is 14.2 Å². The third-order valence-electron chi connectivity index (χ3n) is 2.02. The Balaban J connectivity index is 2.98. The van der Waals surface area contributed by atoms with E-state index in [1.165, 1.54) is 0 Å². The lowest BCUT2D eigenvalue weighted by atomic mass is 10.2. The summed E-state index contributed by atoms with van der Waals surface area (Å²) in [6.07, 6.45) is 1.05. The number of hydrogen-bond donors (Lipinski definition) is 1. The second kappa shape index (κ2) is 11.9. The maximum Gasteiger partial charge on any atom is 0.0700 e. The van der Waals surface area contributed by atoms with Crippen LogP contribution >= 0.6 is 0 Å². The van der Waals surface area contributed by atoms with Crippen molar-refractivity contribution < 1.29 is 14.2 Å². The molecule has 0 aliphatic heterocycles. The third kappa shape index (κ3) is 11.8. The van der Waals surface area contributed by atoms with Crippen LogP contribution in [0.15, 0.2) is 0 Å². The van der Waals surface area contributed by atoms with Crippen LogP contribution in [0.2, 0.25) is 0 Å². The summed E-state index contributed by atoms with van der Waals surface area (Å²) < 4.78 is 15.3. The fourth-order valence-electron chi connectivity index (χ4n) is 1.24. The largest absolute Gasteiger partial charge is 0.384 e. The van der Waals surface area contributed by atoms with Crippen LogP contribution in [0.4, 0.5) is 0 Å². The molecular formula is C11H25NO3. The molecule has 1 atom stereocenters. The van der Waals surface area contributed by atoms with Crippen molar-refractivity contribution in [1.82, 2.24) is 5.32 Å². The van der Waals surface area contributed by atoms with Gasteiger partial charge < -0.3 is 19.5 Å². The van der Waals surface area contributed by atoms with E-state index in [-0.39, 0.29) is 0 Å². The minimum absolute atomic E-state index is 0.574. The summed E-state index contributed by atoms with van der Waals surface area (Å²) >= 11 is 0. The van der Waals surface area contributed by atoms with Crippen LogP contribution in [0.5, 0.6) is 0 Å². The van der Waals surface area contributed by atoms with Crippen LogP contribution in [0.25, 0.3) is 0 Å². The van der Waals surface area contributed by atoms with Gasteiger partial charge in [0.1, 0.15) is 0 Å². The van der Waals surface area contributed by atoms with Gasteiger partial charge in [-0.1, -0.05) is 6.92 Å². The highest BCUT2D eigenvalue weighted by Crippen LogP contribution is 1.92. The molecule has 15 heavy (non-hydrogen) atoms. The van der Waals surface area contributed by atoms with Gasteiger partial charge in [0, 0.05) is 27.4 Å². The molecule has 92 valence electrons. The molecule has 0 fully saturated rings.